The number of nitrogens with zero attached hydrogens (tertiary/aromatic N) is 1. The predicted molar refractivity (Wildman–Crippen MR) is 80.5 cm³/mol. The van der Waals surface area contributed by atoms with E-state index in [1.165, 1.54) is 0 Å². The van der Waals surface area contributed by atoms with Gasteiger partial charge in [0.05, 0.1) is 34.5 Å². The standard InChI is InChI=1S/C16H21NO8/c1-22-11(18)15(12(19)23-2)8-10(6-5-7-17)16(9-15,13(20)24-3)14(21)25-4/h10H,5-6,8-9H2,1-4H3. The van der Waals surface area contributed by atoms with E-state index in [2.05, 4.69) is 0 Å². The predicted octanol–water partition coefficient (Wildman–Crippen LogP) is 0.365. The van der Waals surface area contributed by atoms with Crippen molar-refractivity contribution in [3.8, 4) is 6.07 Å². The Morgan fingerprint density at radius 1 is 0.920 bits per heavy atom. The molecule has 0 aromatic heterocycles. The van der Waals surface area contributed by atoms with E-state index >= 15 is 0 Å². The molecule has 0 spiro atoms. The Balaban J connectivity index is 3.58. The molecule has 0 aromatic rings. The first kappa shape index (κ1) is 20.4. The second-order valence-electron chi connectivity index (χ2n) is 5.79. The van der Waals surface area contributed by atoms with Crippen LogP contribution in [-0.4, -0.2) is 52.3 Å². The number of methoxy groups -OCH3 is 4. The summed E-state index contributed by atoms with van der Waals surface area (Å²) in [6.45, 7) is 0. The van der Waals surface area contributed by atoms with Gasteiger partial charge >= 0.3 is 23.9 Å². The van der Waals surface area contributed by atoms with Crippen LogP contribution in [0.3, 0.4) is 0 Å². The molecule has 138 valence electrons. The first-order valence-electron chi connectivity index (χ1n) is 7.51. The van der Waals surface area contributed by atoms with Crippen LogP contribution < -0.4 is 0 Å². The van der Waals surface area contributed by atoms with Crippen molar-refractivity contribution in [1.29, 1.82) is 5.26 Å². The van der Waals surface area contributed by atoms with E-state index in [0.717, 1.165) is 28.4 Å². The van der Waals surface area contributed by atoms with Crippen LogP contribution in [-0.2, 0) is 38.1 Å². The maximum absolute atomic E-state index is 12.5. The number of nitriles is 1. The van der Waals surface area contributed by atoms with Crippen LogP contribution in [0.4, 0.5) is 0 Å². The molecule has 1 rings (SSSR count). The third kappa shape index (κ3) is 3.16. The molecule has 1 atom stereocenters. The van der Waals surface area contributed by atoms with Crippen molar-refractivity contribution in [2.75, 3.05) is 28.4 Å². The maximum atomic E-state index is 12.5. The van der Waals surface area contributed by atoms with Gasteiger partial charge in [-0.25, -0.2) is 0 Å². The maximum Gasteiger partial charge on any atom is 0.323 e. The van der Waals surface area contributed by atoms with Crippen molar-refractivity contribution in [2.24, 2.45) is 16.7 Å². The highest BCUT2D eigenvalue weighted by molar-refractivity contribution is 6.07. The molecule has 0 saturated heterocycles. The Morgan fingerprint density at radius 3 is 1.72 bits per heavy atom. The van der Waals surface area contributed by atoms with Gasteiger partial charge in [0.2, 0.25) is 0 Å². The van der Waals surface area contributed by atoms with Crippen molar-refractivity contribution >= 4 is 23.9 Å². The highest BCUT2D eigenvalue weighted by atomic mass is 16.6. The Morgan fingerprint density at radius 2 is 1.36 bits per heavy atom. The van der Waals surface area contributed by atoms with Crippen LogP contribution in [0.1, 0.15) is 25.7 Å². The molecule has 1 unspecified atom stereocenters. The highest BCUT2D eigenvalue weighted by Gasteiger charge is 2.70. The fraction of sp³-hybridized carbons (Fsp3) is 0.688. The lowest BCUT2D eigenvalue weighted by Crippen LogP contribution is -2.46. The number of ether oxygens (including phenoxy) is 4. The van der Waals surface area contributed by atoms with Gasteiger partial charge in [-0.2, -0.15) is 5.26 Å². The summed E-state index contributed by atoms with van der Waals surface area (Å²) in [4.78, 5) is 49.8. The normalized spacial score (nSPS) is 20.0. The van der Waals surface area contributed by atoms with Crippen LogP contribution in [0.2, 0.25) is 0 Å². The second kappa shape index (κ2) is 7.96. The van der Waals surface area contributed by atoms with Crippen molar-refractivity contribution in [1.82, 2.24) is 0 Å². The molecule has 25 heavy (non-hydrogen) atoms. The van der Waals surface area contributed by atoms with E-state index in [1.807, 2.05) is 6.07 Å². The molecule has 0 amide bonds. The van der Waals surface area contributed by atoms with Crippen molar-refractivity contribution in [3.05, 3.63) is 0 Å². The largest absolute Gasteiger partial charge is 0.468 e. The number of hydrogen-bond acceptors (Lipinski definition) is 9. The van der Waals surface area contributed by atoms with Crippen LogP contribution in [0, 0.1) is 28.1 Å². The molecule has 1 fully saturated rings. The minimum absolute atomic E-state index is 0.0127. The number of carbonyl (C=O) groups excluding carboxylic acids is 4. The second-order valence-corrected chi connectivity index (χ2v) is 5.79. The molecule has 0 N–H and O–H groups in total. The molecular formula is C16H21NO8. The summed E-state index contributed by atoms with van der Waals surface area (Å²) in [6, 6.07) is 1.92. The summed E-state index contributed by atoms with van der Waals surface area (Å²) >= 11 is 0. The molecule has 9 nitrogen and oxygen atoms in total. The average molecular weight is 355 g/mol. The smallest absolute Gasteiger partial charge is 0.323 e. The minimum Gasteiger partial charge on any atom is -0.468 e. The topological polar surface area (TPSA) is 129 Å². The van der Waals surface area contributed by atoms with E-state index in [4.69, 9.17) is 24.2 Å². The third-order valence-corrected chi connectivity index (χ3v) is 4.73. The van der Waals surface area contributed by atoms with Gasteiger partial charge in [-0.1, -0.05) is 0 Å². The lowest BCUT2D eigenvalue weighted by molar-refractivity contribution is -0.175. The van der Waals surface area contributed by atoms with Gasteiger partial charge in [-0.05, 0) is 18.8 Å². The van der Waals surface area contributed by atoms with E-state index in [0.29, 0.717) is 0 Å². The van der Waals surface area contributed by atoms with Crippen LogP contribution in [0.15, 0.2) is 0 Å². The van der Waals surface area contributed by atoms with Crippen LogP contribution in [0.25, 0.3) is 0 Å². The molecule has 1 aliphatic rings. The van der Waals surface area contributed by atoms with Gasteiger partial charge in [0.25, 0.3) is 0 Å². The molecule has 1 saturated carbocycles. The van der Waals surface area contributed by atoms with Gasteiger partial charge in [-0.3, -0.25) is 19.2 Å². The zero-order chi connectivity index (χ0) is 19.3. The molecule has 0 heterocycles. The summed E-state index contributed by atoms with van der Waals surface area (Å²) in [5, 5.41) is 8.86. The SMILES string of the molecule is COC(=O)C1(C(=O)OC)CC(CCC#N)C(C(=O)OC)(C(=O)OC)C1. The van der Waals surface area contributed by atoms with E-state index in [9.17, 15) is 19.2 Å². The van der Waals surface area contributed by atoms with Gasteiger partial charge in [0.1, 0.15) is 0 Å². The molecule has 0 bridgehead atoms. The summed E-state index contributed by atoms with van der Waals surface area (Å²) in [6.07, 6.45) is -0.595. The van der Waals surface area contributed by atoms with Crippen LogP contribution in [0.5, 0.6) is 0 Å². The Bertz CT molecular complexity index is 574. The Labute approximate surface area is 145 Å². The van der Waals surface area contributed by atoms with Crippen LogP contribution >= 0.6 is 0 Å². The summed E-state index contributed by atoms with van der Waals surface area (Å²) in [5.41, 5.74) is -3.76. The molecule has 0 radical (unpaired) electrons. The third-order valence-electron chi connectivity index (χ3n) is 4.73. The number of carbonyl (C=O) groups is 4. The monoisotopic (exact) mass is 355 g/mol. The fourth-order valence-corrected chi connectivity index (χ4v) is 3.58. The van der Waals surface area contributed by atoms with E-state index in [1.54, 1.807) is 0 Å². The lowest BCUT2D eigenvalue weighted by atomic mass is 9.74. The van der Waals surface area contributed by atoms with Crippen molar-refractivity contribution < 1.29 is 38.1 Å². The summed E-state index contributed by atoms with van der Waals surface area (Å²) in [5.74, 6) is -4.54. The Kier molecular flexibility index (Phi) is 6.50. The van der Waals surface area contributed by atoms with Gasteiger partial charge in [0.15, 0.2) is 10.8 Å². The molecule has 0 aromatic carbocycles. The summed E-state index contributed by atoms with van der Waals surface area (Å²) in [7, 11) is 4.36. The van der Waals surface area contributed by atoms with Gasteiger partial charge in [-0.15, -0.1) is 0 Å². The van der Waals surface area contributed by atoms with E-state index in [-0.39, 0.29) is 19.3 Å². The average Bonchev–Trinajstić information content (AvgIpc) is 3.00. The summed E-state index contributed by atoms with van der Waals surface area (Å²) < 4.78 is 19.0. The fourth-order valence-electron chi connectivity index (χ4n) is 3.58. The molecule has 9 heteroatoms. The van der Waals surface area contributed by atoms with Gasteiger partial charge in [0, 0.05) is 12.8 Å². The zero-order valence-electron chi connectivity index (χ0n) is 14.6. The molecule has 1 aliphatic carbocycles. The number of rotatable bonds is 6. The van der Waals surface area contributed by atoms with Crippen molar-refractivity contribution in [3.63, 3.8) is 0 Å². The molecule has 0 aliphatic heterocycles. The first-order chi connectivity index (χ1) is 11.8. The van der Waals surface area contributed by atoms with Gasteiger partial charge < -0.3 is 18.9 Å². The lowest BCUT2D eigenvalue weighted by Gasteiger charge is -2.29. The Hall–Kier alpha value is -2.63. The zero-order valence-corrected chi connectivity index (χ0v) is 14.6. The quantitative estimate of drug-likeness (QED) is 0.377. The number of esters is 4. The first-order valence-corrected chi connectivity index (χ1v) is 7.51. The van der Waals surface area contributed by atoms with Crippen molar-refractivity contribution in [2.45, 2.75) is 25.7 Å². The van der Waals surface area contributed by atoms with E-state index < -0.39 is 47.0 Å². The molecular weight excluding hydrogens is 334 g/mol. The number of hydrogen-bond donors (Lipinski definition) is 0. The minimum atomic E-state index is -1.90. The highest BCUT2D eigenvalue weighted by Crippen LogP contribution is 2.57.